The van der Waals surface area contributed by atoms with Crippen LogP contribution in [0.3, 0.4) is 0 Å². The molecule has 166 valence electrons. The summed E-state index contributed by atoms with van der Waals surface area (Å²) in [4.78, 5) is 29.9. The maximum atomic E-state index is 13.2. The number of carbonyl (C=O) groups excluding carboxylic acids is 2. The summed E-state index contributed by atoms with van der Waals surface area (Å²) in [6.45, 7) is 3.58. The van der Waals surface area contributed by atoms with Crippen molar-refractivity contribution in [3.05, 3.63) is 17.7 Å². The summed E-state index contributed by atoms with van der Waals surface area (Å²) in [6, 6.07) is 3.81. The van der Waals surface area contributed by atoms with Gasteiger partial charge in [0, 0.05) is 38.5 Å². The van der Waals surface area contributed by atoms with Crippen LogP contribution in [0.2, 0.25) is 0 Å². The van der Waals surface area contributed by atoms with Crippen LogP contribution >= 0.6 is 0 Å². The predicted octanol–water partition coefficient (Wildman–Crippen LogP) is 2.92. The standard InChI is InChI=1S/C23H34N2O5/c1-6-24(2)23(27)18-14-25(22(26)15-9-7-8-10-15)13-17(18)16-11-19(28-3)21(30-5)20(12-16)29-4/h11-12,15,17-18H,6-10,13-14H2,1-5H3/t17-,18-/m0/s1. The van der Waals surface area contributed by atoms with E-state index in [0.29, 0.717) is 36.9 Å². The first-order valence-electron chi connectivity index (χ1n) is 10.8. The largest absolute Gasteiger partial charge is 0.493 e. The molecule has 1 aromatic rings. The number of ether oxygens (including phenoxy) is 3. The fourth-order valence-electron chi connectivity index (χ4n) is 4.76. The van der Waals surface area contributed by atoms with Crippen LogP contribution in [0, 0.1) is 11.8 Å². The highest BCUT2D eigenvalue weighted by atomic mass is 16.5. The number of nitrogens with zero attached hydrogens (tertiary/aromatic N) is 2. The predicted molar refractivity (Wildman–Crippen MR) is 114 cm³/mol. The monoisotopic (exact) mass is 418 g/mol. The molecule has 0 N–H and O–H groups in total. The van der Waals surface area contributed by atoms with Gasteiger partial charge in [-0.2, -0.15) is 0 Å². The lowest BCUT2D eigenvalue weighted by Crippen LogP contribution is -2.37. The van der Waals surface area contributed by atoms with Gasteiger partial charge in [-0.25, -0.2) is 0 Å². The van der Waals surface area contributed by atoms with Crippen LogP contribution < -0.4 is 14.2 Å². The summed E-state index contributed by atoms with van der Waals surface area (Å²) in [7, 11) is 6.55. The topological polar surface area (TPSA) is 68.3 Å². The highest BCUT2D eigenvalue weighted by molar-refractivity contribution is 5.84. The van der Waals surface area contributed by atoms with Gasteiger partial charge in [-0.3, -0.25) is 9.59 Å². The minimum absolute atomic E-state index is 0.0676. The SMILES string of the molecule is CCN(C)C(=O)[C@H]1CN(C(=O)C2CCCC2)C[C@H]1c1cc(OC)c(OC)c(OC)c1. The van der Waals surface area contributed by atoms with Crippen LogP contribution in [0.5, 0.6) is 17.2 Å². The minimum Gasteiger partial charge on any atom is -0.493 e. The zero-order valence-electron chi connectivity index (χ0n) is 18.8. The highest BCUT2D eigenvalue weighted by Gasteiger charge is 2.43. The molecule has 2 atom stereocenters. The Morgan fingerprint density at radius 2 is 1.63 bits per heavy atom. The Kier molecular flexibility index (Phi) is 7.10. The average Bonchev–Trinajstić information content (AvgIpc) is 3.46. The molecule has 1 saturated carbocycles. The number of methoxy groups -OCH3 is 3. The van der Waals surface area contributed by atoms with Crippen molar-refractivity contribution >= 4 is 11.8 Å². The smallest absolute Gasteiger partial charge is 0.227 e. The molecule has 0 radical (unpaired) electrons. The molecule has 2 amide bonds. The van der Waals surface area contributed by atoms with Gasteiger partial charge in [0.2, 0.25) is 17.6 Å². The van der Waals surface area contributed by atoms with Crippen molar-refractivity contribution in [2.24, 2.45) is 11.8 Å². The van der Waals surface area contributed by atoms with Gasteiger partial charge in [0.1, 0.15) is 0 Å². The fourth-order valence-corrected chi connectivity index (χ4v) is 4.76. The Balaban J connectivity index is 1.96. The number of amides is 2. The molecule has 1 heterocycles. The van der Waals surface area contributed by atoms with Crippen LogP contribution in [0.25, 0.3) is 0 Å². The first-order valence-corrected chi connectivity index (χ1v) is 10.8. The van der Waals surface area contributed by atoms with Crippen LogP contribution in [-0.4, -0.2) is 69.6 Å². The van der Waals surface area contributed by atoms with E-state index < -0.39 is 0 Å². The summed E-state index contributed by atoms with van der Waals surface area (Å²) >= 11 is 0. The lowest BCUT2D eigenvalue weighted by molar-refractivity contribution is -0.136. The van der Waals surface area contributed by atoms with Gasteiger partial charge in [-0.1, -0.05) is 12.8 Å². The van der Waals surface area contributed by atoms with Gasteiger partial charge in [0.25, 0.3) is 0 Å². The Morgan fingerprint density at radius 1 is 1.03 bits per heavy atom. The summed E-state index contributed by atoms with van der Waals surface area (Å²) in [5.41, 5.74) is 0.925. The van der Waals surface area contributed by atoms with E-state index in [1.165, 1.54) is 0 Å². The fraction of sp³-hybridized carbons (Fsp3) is 0.652. The molecule has 1 aromatic carbocycles. The van der Waals surface area contributed by atoms with Crippen molar-refractivity contribution < 1.29 is 23.8 Å². The number of hydrogen-bond donors (Lipinski definition) is 0. The van der Waals surface area contributed by atoms with E-state index in [2.05, 4.69) is 0 Å². The lowest BCUT2D eigenvalue weighted by atomic mass is 9.87. The summed E-state index contributed by atoms with van der Waals surface area (Å²) < 4.78 is 16.5. The Labute approximate surface area is 179 Å². The molecular weight excluding hydrogens is 384 g/mol. The lowest BCUT2D eigenvalue weighted by Gasteiger charge is -2.24. The highest BCUT2D eigenvalue weighted by Crippen LogP contribution is 2.44. The van der Waals surface area contributed by atoms with Gasteiger partial charge >= 0.3 is 0 Å². The Bertz CT molecular complexity index is 750. The maximum Gasteiger partial charge on any atom is 0.227 e. The molecule has 1 saturated heterocycles. The molecule has 30 heavy (non-hydrogen) atoms. The quantitative estimate of drug-likeness (QED) is 0.681. The summed E-state index contributed by atoms with van der Waals surface area (Å²) in [5.74, 6) is 1.59. The van der Waals surface area contributed by atoms with Gasteiger partial charge < -0.3 is 24.0 Å². The molecule has 7 nitrogen and oxygen atoms in total. The Morgan fingerprint density at radius 3 is 2.13 bits per heavy atom. The number of benzene rings is 1. The van der Waals surface area contributed by atoms with Crippen LogP contribution in [0.15, 0.2) is 12.1 Å². The van der Waals surface area contributed by atoms with Crippen LogP contribution in [0.1, 0.15) is 44.1 Å². The van der Waals surface area contributed by atoms with E-state index >= 15 is 0 Å². The normalized spacial score (nSPS) is 21.6. The van der Waals surface area contributed by atoms with Crippen LogP contribution in [-0.2, 0) is 9.59 Å². The van der Waals surface area contributed by atoms with Gasteiger partial charge in [0.15, 0.2) is 11.5 Å². The molecule has 0 bridgehead atoms. The molecule has 1 aliphatic heterocycles. The minimum atomic E-state index is -0.289. The molecule has 0 aromatic heterocycles. The number of rotatable bonds is 7. The zero-order chi connectivity index (χ0) is 21.8. The second-order valence-electron chi connectivity index (χ2n) is 8.25. The average molecular weight is 419 g/mol. The Hall–Kier alpha value is -2.44. The second-order valence-corrected chi connectivity index (χ2v) is 8.25. The molecule has 0 unspecified atom stereocenters. The van der Waals surface area contributed by atoms with E-state index in [1.54, 1.807) is 26.2 Å². The molecule has 3 rings (SSSR count). The zero-order valence-corrected chi connectivity index (χ0v) is 18.8. The number of carbonyl (C=O) groups is 2. The van der Waals surface area contributed by atoms with Gasteiger partial charge in [-0.15, -0.1) is 0 Å². The van der Waals surface area contributed by atoms with E-state index in [4.69, 9.17) is 14.2 Å². The first kappa shape index (κ1) is 22.2. The third-order valence-corrected chi connectivity index (χ3v) is 6.62. The summed E-state index contributed by atoms with van der Waals surface area (Å²) in [6.07, 6.45) is 4.14. The van der Waals surface area contributed by atoms with Crippen LogP contribution in [0.4, 0.5) is 0 Å². The molecular formula is C23H34N2O5. The first-order chi connectivity index (χ1) is 14.4. The molecule has 2 fully saturated rings. The summed E-state index contributed by atoms with van der Waals surface area (Å²) in [5, 5.41) is 0. The third-order valence-electron chi connectivity index (χ3n) is 6.62. The van der Waals surface area contributed by atoms with Crippen molar-refractivity contribution in [2.45, 2.75) is 38.5 Å². The third kappa shape index (κ3) is 4.20. The van der Waals surface area contributed by atoms with Crippen molar-refractivity contribution in [2.75, 3.05) is 48.0 Å². The number of hydrogen-bond acceptors (Lipinski definition) is 5. The van der Waals surface area contributed by atoms with Crippen molar-refractivity contribution in [1.29, 1.82) is 0 Å². The van der Waals surface area contributed by atoms with E-state index in [9.17, 15) is 9.59 Å². The van der Waals surface area contributed by atoms with Gasteiger partial charge in [-0.05, 0) is 37.5 Å². The van der Waals surface area contributed by atoms with E-state index in [1.807, 2.05) is 31.0 Å². The number of likely N-dealkylation sites (tertiary alicyclic amines) is 1. The van der Waals surface area contributed by atoms with Crippen molar-refractivity contribution in [3.8, 4) is 17.2 Å². The molecule has 1 aliphatic carbocycles. The second kappa shape index (κ2) is 9.58. The molecule has 7 heteroatoms. The van der Waals surface area contributed by atoms with Gasteiger partial charge in [0.05, 0.1) is 27.2 Å². The van der Waals surface area contributed by atoms with E-state index in [0.717, 1.165) is 31.2 Å². The molecule has 2 aliphatic rings. The maximum absolute atomic E-state index is 13.2. The molecule has 0 spiro atoms. The van der Waals surface area contributed by atoms with E-state index in [-0.39, 0.29) is 29.6 Å². The van der Waals surface area contributed by atoms with Crippen molar-refractivity contribution in [3.63, 3.8) is 0 Å². The van der Waals surface area contributed by atoms with Crippen molar-refractivity contribution in [1.82, 2.24) is 9.80 Å².